The van der Waals surface area contributed by atoms with E-state index in [4.69, 9.17) is 0 Å². The third-order valence-corrected chi connectivity index (χ3v) is 15.2. The summed E-state index contributed by atoms with van der Waals surface area (Å²) in [4.78, 5) is 2.43. The summed E-state index contributed by atoms with van der Waals surface area (Å²) in [6.45, 7) is 0. The average molecular weight is 831 g/mol. The molecule has 0 saturated heterocycles. The zero-order valence-corrected chi connectivity index (χ0v) is 35.6. The fourth-order valence-corrected chi connectivity index (χ4v) is 12.6. The average Bonchev–Trinajstić information content (AvgIpc) is 4.08. The number of nitrogens with zero attached hydrogens (tertiary/aromatic N) is 2. The summed E-state index contributed by atoms with van der Waals surface area (Å²) < 4.78 is 5.10. The van der Waals surface area contributed by atoms with E-state index >= 15 is 0 Å². The lowest BCUT2D eigenvalue weighted by atomic mass is 9.70. The van der Waals surface area contributed by atoms with Crippen LogP contribution in [-0.2, 0) is 5.41 Å². The Morgan fingerprint density at radius 3 is 1.67 bits per heavy atom. The van der Waals surface area contributed by atoms with E-state index in [2.05, 4.69) is 240 Å². The highest BCUT2D eigenvalue weighted by molar-refractivity contribution is 7.26. The van der Waals surface area contributed by atoms with Crippen LogP contribution in [0, 0.1) is 0 Å². The van der Waals surface area contributed by atoms with Crippen molar-refractivity contribution in [1.82, 2.24) is 4.57 Å². The summed E-state index contributed by atoms with van der Waals surface area (Å²) >= 11 is 1.88. The van der Waals surface area contributed by atoms with E-state index in [0.29, 0.717) is 0 Å². The Balaban J connectivity index is 0.937. The number of benzene rings is 10. The van der Waals surface area contributed by atoms with Crippen molar-refractivity contribution in [2.24, 2.45) is 0 Å². The molecule has 0 radical (unpaired) electrons. The van der Waals surface area contributed by atoms with Crippen LogP contribution >= 0.6 is 11.3 Å². The monoisotopic (exact) mass is 830 g/mol. The Kier molecular flexibility index (Phi) is 7.51. The zero-order chi connectivity index (χ0) is 41.9. The first-order valence-corrected chi connectivity index (χ1v) is 22.9. The molecule has 2 nitrogen and oxygen atoms in total. The van der Waals surface area contributed by atoms with Crippen LogP contribution < -0.4 is 4.90 Å². The maximum absolute atomic E-state index is 2.48. The van der Waals surface area contributed by atoms with Crippen LogP contribution in [0.4, 0.5) is 17.1 Å². The van der Waals surface area contributed by atoms with Crippen molar-refractivity contribution in [3.05, 3.63) is 253 Å². The van der Waals surface area contributed by atoms with Gasteiger partial charge in [-0.2, -0.15) is 0 Å². The quantitative estimate of drug-likeness (QED) is 0.168. The largest absolute Gasteiger partial charge is 0.310 e. The summed E-state index contributed by atoms with van der Waals surface area (Å²) in [5.41, 5.74) is 19.6. The maximum Gasteiger partial charge on any atom is 0.0726 e. The number of aromatic nitrogens is 1. The molecule has 0 aliphatic heterocycles. The van der Waals surface area contributed by atoms with Gasteiger partial charge in [-0.15, -0.1) is 11.3 Å². The number of rotatable bonds is 5. The van der Waals surface area contributed by atoms with Gasteiger partial charge in [-0.1, -0.05) is 164 Å². The molecule has 0 bridgehead atoms. The van der Waals surface area contributed by atoms with Gasteiger partial charge in [0.1, 0.15) is 0 Å². The lowest BCUT2D eigenvalue weighted by Gasteiger charge is -2.32. The Bertz CT molecular complexity index is 3810. The second-order valence-corrected chi connectivity index (χ2v) is 18.2. The van der Waals surface area contributed by atoms with Gasteiger partial charge in [-0.3, -0.25) is 0 Å². The van der Waals surface area contributed by atoms with E-state index in [9.17, 15) is 0 Å². The zero-order valence-electron chi connectivity index (χ0n) is 34.7. The Morgan fingerprint density at radius 2 is 0.906 bits per heavy atom. The third kappa shape index (κ3) is 4.85. The summed E-state index contributed by atoms with van der Waals surface area (Å²) in [6, 6.07) is 85.7. The number of para-hydroxylation sites is 2. The fourth-order valence-electron chi connectivity index (χ4n) is 11.4. The molecule has 298 valence electrons. The lowest BCUT2D eigenvalue weighted by Crippen LogP contribution is -2.26. The van der Waals surface area contributed by atoms with Crippen LogP contribution in [0.1, 0.15) is 22.3 Å². The van der Waals surface area contributed by atoms with E-state index in [1.807, 2.05) is 11.3 Å². The van der Waals surface area contributed by atoms with Crippen molar-refractivity contribution in [1.29, 1.82) is 0 Å². The molecular formula is C61H38N2S. The number of anilines is 3. The van der Waals surface area contributed by atoms with Crippen LogP contribution in [0.15, 0.2) is 231 Å². The van der Waals surface area contributed by atoms with Crippen molar-refractivity contribution in [2.75, 3.05) is 4.90 Å². The minimum atomic E-state index is -0.420. The predicted octanol–water partition coefficient (Wildman–Crippen LogP) is 16.6. The molecule has 2 aliphatic carbocycles. The number of hydrogen-bond donors (Lipinski definition) is 0. The summed E-state index contributed by atoms with van der Waals surface area (Å²) in [5.74, 6) is 0. The minimum Gasteiger partial charge on any atom is -0.310 e. The Hall–Kier alpha value is -7.98. The van der Waals surface area contributed by atoms with E-state index in [0.717, 1.165) is 17.1 Å². The second kappa shape index (κ2) is 13.5. The van der Waals surface area contributed by atoms with Gasteiger partial charge in [-0.25, -0.2) is 0 Å². The van der Waals surface area contributed by atoms with E-state index in [1.54, 1.807) is 0 Å². The van der Waals surface area contributed by atoms with Gasteiger partial charge >= 0.3 is 0 Å². The maximum atomic E-state index is 2.48. The standard InChI is InChI=1S/C61H38N2S/c1-2-17-41(18-3-1)62(43-33-34-47-46-22-6-11-28-54(46)61(55(47)38-43)52-26-9-4-20-44(52)45-21-5-10-27-53(45)61)42-19-14-16-39(36-42)40-32-35-57-51(37-40)48-23-7-12-29-56(48)63(57)58-30-15-25-50-49-24-8-13-31-59(49)64-60(50)58/h1-38H. The van der Waals surface area contributed by atoms with E-state index in [-0.39, 0.29) is 0 Å². The molecule has 10 aromatic carbocycles. The van der Waals surface area contributed by atoms with Crippen molar-refractivity contribution in [3.63, 3.8) is 0 Å². The first-order valence-electron chi connectivity index (χ1n) is 22.1. The normalized spacial score (nSPS) is 13.1. The number of fused-ring (bicyclic) bond motifs is 16. The molecule has 14 rings (SSSR count). The number of thiophene rings is 1. The molecule has 0 N–H and O–H groups in total. The van der Waals surface area contributed by atoms with E-state index < -0.39 is 5.41 Å². The smallest absolute Gasteiger partial charge is 0.0726 e. The van der Waals surface area contributed by atoms with Gasteiger partial charge in [0.2, 0.25) is 0 Å². The van der Waals surface area contributed by atoms with Crippen LogP contribution in [0.25, 0.3) is 81.0 Å². The molecule has 2 aliphatic rings. The van der Waals surface area contributed by atoms with Gasteiger partial charge in [0.15, 0.2) is 0 Å². The van der Waals surface area contributed by atoms with Gasteiger partial charge in [0.25, 0.3) is 0 Å². The van der Waals surface area contributed by atoms with Gasteiger partial charge < -0.3 is 9.47 Å². The van der Waals surface area contributed by atoms with Crippen LogP contribution in [-0.4, -0.2) is 4.57 Å². The van der Waals surface area contributed by atoms with Gasteiger partial charge in [0, 0.05) is 43.3 Å². The van der Waals surface area contributed by atoms with Crippen molar-refractivity contribution >= 4 is 70.4 Å². The highest BCUT2D eigenvalue weighted by Crippen LogP contribution is 2.63. The summed E-state index contributed by atoms with van der Waals surface area (Å²) in [5, 5.41) is 5.12. The fraction of sp³-hybridized carbons (Fsp3) is 0.0164. The summed E-state index contributed by atoms with van der Waals surface area (Å²) in [7, 11) is 0. The van der Waals surface area contributed by atoms with Crippen LogP contribution in [0.5, 0.6) is 0 Å². The van der Waals surface area contributed by atoms with Crippen molar-refractivity contribution in [3.8, 4) is 39.1 Å². The molecule has 2 aromatic heterocycles. The molecule has 0 atom stereocenters. The molecule has 3 heteroatoms. The van der Waals surface area contributed by atoms with Gasteiger partial charge in [0.05, 0.1) is 26.8 Å². The molecule has 0 saturated carbocycles. The topological polar surface area (TPSA) is 8.17 Å². The molecule has 12 aromatic rings. The molecule has 0 unspecified atom stereocenters. The van der Waals surface area contributed by atoms with E-state index in [1.165, 1.54) is 103 Å². The highest BCUT2D eigenvalue weighted by Gasteiger charge is 2.51. The first-order chi connectivity index (χ1) is 31.8. The predicted molar refractivity (Wildman–Crippen MR) is 270 cm³/mol. The lowest BCUT2D eigenvalue weighted by molar-refractivity contribution is 0.793. The first kappa shape index (κ1) is 35.6. The Morgan fingerprint density at radius 1 is 0.344 bits per heavy atom. The molecule has 2 heterocycles. The molecule has 0 amide bonds. The minimum absolute atomic E-state index is 0.420. The summed E-state index contributed by atoms with van der Waals surface area (Å²) in [6.07, 6.45) is 0. The second-order valence-electron chi connectivity index (χ2n) is 17.2. The van der Waals surface area contributed by atoms with Crippen LogP contribution in [0.3, 0.4) is 0 Å². The third-order valence-electron chi connectivity index (χ3n) is 14.0. The van der Waals surface area contributed by atoms with Gasteiger partial charge in [-0.05, 0) is 122 Å². The van der Waals surface area contributed by atoms with Crippen molar-refractivity contribution < 1.29 is 0 Å². The Labute approximate surface area is 375 Å². The highest BCUT2D eigenvalue weighted by atomic mass is 32.1. The molecule has 64 heavy (non-hydrogen) atoms. The van der Waals surface area contributed by atoms with Crippen molar-refractivity contribution in [2.45, 2.75) is 5.41 Å². The molecule has 1 spiro atoms. The van der Waals surface area contributed by atoms with Crippen LogP contribution in [0.2, 0.25) is 0 Å². The molecular weight excluding hydrogens is 793 g/mol. The SMILES string of the molecule is c1ccc(N(c2cccc(-c3ccc4c(c3)c3ccccc3n4-c3cccc4c3sc3ccccc34)c2)c2ccc3c(c2)C2(c4ccccc4-c4ccccc42)c2ccccc2-3)cc1. The molecule has 0 fully saturated rings. The number of hydrogen-bond acceptors (Lipinski definition) is 2.